The van der Waals surface area contributed by atoms with E-state index in [1.807, 2.05) is 54.6 Å². The molecule has 2 heterocycles. The van der Waals surface area contributed by atoms with E-state index in [0.29, 0.717) is 30.0 Å². The van der Waals surface area contributed by atoms with Gasteiger partial charge in [0.25, 0.3) is 5.91 Å². The molecular weight excluding hydrogens is 370 g/mol. The lowest BCUT2D eigenvalue weighted by Gasteiger charge is -2.15. The molecule has 4 rings (SSSR count). The van der Waals surface area contributed by atoms with Crippen molar-refractivity contribution in [2.24, 2.45) is 5.92 Å². The molecule has 0 spiro atoms. The number of hydrogen-bond acceptors (Lipinski definition) is 4. The molecule has 0 unspecified atom stereocenters. The first-order chi connectivity index (χ1) is 14.1. The van der Waals surface area contributed by atoms with E-state index in [9.17, 15) is 14.7 Å². The van der Waals surface area contributed by atoms with Gasteiger partial charge in [0, 0.05) is 24.8 Å². The number of para-hydroxylation sites is 1. The van der Waals surface area contributed by atoms with Crippen molar-refractivity contribution in [2.75, 3.05) is 20.2 Å². The molecule has 1 aliphatic rings. The molecule has 1 fully saturated rings. The molecule has 3 aromatic rings. The molecule has 0 radical (unpaired) electrons. The maximum atomic E-state index is 13.3. The van der Waals surface area contributed by atoms with E-state index in [0.717, 1.165) is 11.3 Å². The number of aliphatic carboxylic acids is 1. The molecular formula is C22H21N3O4. The largest absolute Gasteiger partial charge is 0.497 e. The Kier molecular flexibility index (Phi) is 5.03. The molecule has 7 nitrogen and oxygen atoms in total. The highest BCUT2D eigenvalue weighted by Crippen LogP contribution is 2.29. The van der Waals surface area contributed by atoms with Crippen molar-refractivity contribution in [2.45, 2.75) is 6.42 Å². The molecule has 1 aromatic heterocycles. The molecule has 1 aliphatic heterocycles. The van der Waals surface area contributed by atoms with Crippen molar-refractivity contribution in [1.82, 2.24) is 14.7 Å². The summed E-state index contributed by atoms with van der Waals surface area (Å²) in [7, 11) is 1.59. The number of carboxylic acid groups (broad SMARTS) is 1. The van der Waals surface area contributed by atoms with Crippen molar-refractivity contribution < 1.29 is 19.4 Å². The third-order valence-electron chi connectivity index (χ3n) is 5.13. The molecule has 1 saturated heterocycles. The highest BCUT2D eigenvalue weighted by atomic mass is 16.5. The lowest BCUT2D eigenvalue weighted by atomic mass is 10.1. The minimum atomic E-state index is -0.867. The SMILES string of the molecule is COc1cccc(-c2nn(-c3ccccc3)cc2C(=O)N2CC[C@H](C(=O)O)C2)c1. The summed E-state index contributed by atoms with van der Waals surface area (Å²) in [6, 6.07) is 16.9. The van der Waals surface area contributed by atoms with Crippen molar-refractivity contribution >= 4 is 11.9 Å². The van der Waals surface area contributed by atoms with Crippen molar-refractivity contribution in [3.8, 4) is 22.7 Å². The Balaban J connectivity index is 1.76. The van der Waals surface area contributed by atoms with E-state index in [1.165, 1.54) is 0 Å². The number of carbonyl (C=O) groups excluding carboxylic acids is 1. The number of aromatic nitrogens is 2. The van der Waals surface area contributed by atoms with Crippen molar-refractivity contribution in [1.29, 1.82) is 0 Å². The van der Waals surface area contributed by atoms with Gasteiger partial charge in [-0.2, -0.15) is 5.10 Å². The first-order valence-electron chi connectivity index (χ1n) is 9.38. The van der Waals surface area contributed by atoms with Crippen LogP contribution in [-0.4, -0.2) is 51.9 Å². The number of amides is 1. The summed E-state index contributed by atoms with van der Waals surface area (Å²) in [4.78, 5) is 26.1. The fourth-order valence-electron chi connectivity index (χ4n) is 3.54. The van der Waals surface area contributed by atoms with Crippen LogP contribution in [0.3, 0.4) is 0 Å². The predicted octanol–water partition coefficient (Wildman–Crippen LogP) is 3.09. The number of carboxylic acids is 1. The standard InChI is InChI=1S/C22H21N3O4/c1-29-18-9-5-6-15(12-18)20-19(14-25(23-20)17-7-3-2-4-8-17)21(26)24-11-10-16(13-24)22(27)28/h2-9,12,14,16H,10-11,13H2,1H3,(H,27,28)/t16-/m0/s1. The number of rotatable bonds is 5. The van der Waals surface area contributed by atoms with Crippen LogP contribution in [0.4, 0.5) is 0 Å². The number of likely N-dealkylation sites (tertiary alicyclic amines) is 1. The summed E-state index contributed by atoms with van der Waals surface area (Å²) in [5.41, 5.74) is 2.57. The Hall–Kier alpha value is -3.61. The Labute approximate surface area is 168 Å². The second-order valence-electron chi connectivity index (χ2n) is 6.98. The van der Waals surface area contributed by atoms with Crippen LogP contribution in [0.15, 0.2) is 60.8 Å². The van der Waals surface area contributed by atoms with Gasteiger partial charge in [0.15, 0.2) is 0 Å². The predicted molar refractivity (Wildman–Crippen MR) is 107 cm³/mol. The van der Waals surface area contributed by atoms with Gasteiger partial charge >= 0.3 is 5.97 Å². The van der Waals surface area contributed by atoms with Crippen LogP contribution in [-0.2, 0) is 4.79 Å². The third-order valence-corrected chi connectivity index (χ3v) is 5.13. The van der Waals surface area contributed by atoms with Gasteiger partial charge in [-0.3, -0.25) is 9.59 Å². The van der Waals surface area contributed by atoms with Gasteiger partial charge < -0.3 is 14.7 Å². The quantitative estimate of drug-likeness (QED) is 0.722. The van der Waals surface area contributed by atoms with Gasteiger partial charge in [0.05, 0.1) is 24.3 Å². The van der Waals surface area contributed by atoms with Gasteiger partial charge in [-0.1, -0.05) is 30.3 Å². The van der Waals surface area contributed by atoms with E-state index >= 15 is 0 Å². The normalized spacial score (nSPS) is 16.0. The Morgan fingerprint density at radius 2 is 1.93 bits per heavy atom. The average molecular weight is 391 g/mol. The number of nitrogens with zero attached hydrogens (tertiary/aromatic N) is 3. The first kappa shape index (κ1) is 18.7. The highest BCUT2D eigenvalue weighted by Gasteiger charge is 2.33. The number of carbonyl (C=O) groups is 2. The van der Waals surface area contributed by atoms with Crippen molar-refractivity contribution in [3.63, 3.8) is 0 Å². The van der Waals surface area contributed by atoms with Gasteiger partial charge in [-0.25, -0.2) is 4.68 Å². The fourth-order valence-corrected chi connectivity index (χ4v) is 3.54. The molecule has 0 saturated carbocycles. The summed E-state index contributed by atoms with van der Waals surface area (Å²) in [5, 5.41) is 13.9. The Morgan fingerprint density at radius 1 is 1.14 bits per heavy atom. The van der Waals surface area contributed by atoms with Crippen LogP contribution in [0, 0.1) is 5.92 Å². The number of benzene rings is 2. The summed E-state index contributed by atoms with van der Waals surface area (Å²) in [6.07, 6.45) is 2.17. The Bertz CT molecular complexity index is 1050. The summed E-state index contributed by atoms with van der Waals surface area (Å²) >= 11 is 0. The average Bonchev–Trinajstić information content (AvgIpc) is 3.42. The van der Waals surface area contributed by atoms with Crippen LogP contribution < -0.4 is 4.74 Å². The van der Waals surface area contributed by atoms with E-state index in [4.69, 9.17) is 4.74 Å². The van der Waals surface area contributed by atoms with E-state index in [2.05, 4.69) is 5.10 Å². The molecule has 1 N–H and O–H groups in total. The molecule has 29 heavy (non-hydrogen) atoms. The van der Waals surface area contributed by atoms with Crippen LogP contribution in [0.25, 0.3) is 16.9 Å². The smallest absolute Gasteiger partial charge is 0.308 e. The van der Waals surface area contributed by atoms with E-state index in [1.54, 1.807) is 22.9 Å². The zero-order valence-corrected chi connectivity index (χ0v) is 16.0. The molecule has 1 atom stereocenters. The molecule has 7 heteroatoms. The molecule has 148 valence electrons. The van der Waals surface area contributed by atoms with Crippen molar-refractivity contribution in [3.05, 3.63) is 66.4 Å². The minimum Gasteiger partial charge on any atom is -0.497 e. The van der Waals surface area contributed by atoms with E-state index in [-0.39, 0.29) is 12.5 Å². The zero-order chi connectivity index (χ0) is 20.4. The molecule has 2 aromatic carbocycles. The molecule has 1 amide bonds. The van der Waals surface area contributed by atoms with Crippen LogP contribution in [0.2, 0.25) is 0 Å². The topological polar surface area (TPSA) is 84.7 Å². The summed E-state index contributed by atoms with van der Waals surface area (Å²) < 4.78 is 6.99. The van der Waals surface area contributed by atoms with E-state index < -0.39 is 11.9 Å². The van der Waals surface area contributed by atoms with Crippen LogP contribution in [0.5, 0.6) is 5.75 Å². The van der Waals surface area contributed by atoms with Gasteiger partial charge in [0.1, 0.15) is 11.4 Å². The maximum absolute atomic E-state index is 13.3. The number of ether oxygens (including phenoxy) is 1. The lowest BCUT2D eigenvalue weighted by Crippen LogP contribution is -2.30. The monoisotopic (exact) mass is 391 g/mol. The van der Waals surface area contributed by atoms with Gasteiger partial charge in [-0.05, 0) is 30.7 Å². The van der Waals surface area contributed by atoms with Gasteiger partial charge in [-0.15, -0.1) is 0 Å². The number of hydrogen-bond donors (Lipinski definition) is 1. The summed E-state index contributed by atoms with van der Waals surface area (Å²) in [5.74, 6) is -0.937. The minimum absolute atomic E-state index is 0.211. The third kappa shape index (κ3) is 3.71. The van der Waals surface area contributed by atoms with Crippen LogP contribution in [0.1, 0.15) is 16.8 Å². The second-order valence-corrected chi connectivity index (χ2v) is 6.98. The lowest BCUT2D eigenvalue weighted by molar-refractivity contribution is -0.141. The number of methoxy groups -OCH3 is 1. The Morgan fingerprint density at radius 3 is 2.62 bits per heavy atom. The molecule has 0 aliphatic carbocycles. The second kappa shape index (κ2) is 7.79. The zero-order valence-electron chi connectivity index (χ0n) is 16.0. The molecule has 0 bridgehead atoms. The van der Waals surface area contributed by atoms with Crippen LogP contribution >= 0.6 is 0 Å². The summed E-state index contributed by atoms with van der Waals surface area (Å²) in [6.45, 7) is 0.631. The maximum Gasteiger partial charge on any atom is 0.308 e. The highest BCUT2D eigenvalue weighted by molar-refractivity contribution is 6.00. The fraction of sp³-hybridized carbons (Fsp3) is 0.227. The first-order valence-corrected chi connectivity index (χ1v) is 9.38. The van der Waals surface area contributed by atoms with Gasteiger partial charge in [0.2, 0.25) is 0 Å².